The molecule has 2 aliphatic carbocycles. The Kier molecular flexibility index (Phi) is 4.73. The average molecular weight is 406 g/mol. The molecule has 30 heavy (non-hydrogen) atoms. The van der Waals surface area contributed by atoms with Crippen LogP contribution in [0.15, 0.2) is 36.4 Å². The molecule has 1 saturated carbocycles. The Morgan fingerprint density at radius 1 is 1.07 bits per heavy atom. The molecule has 2 bridgehead atoms. The SMILES string of the molecule is CCNc1ccccc1Nc1cc2c(cc1O)[C@]13CCCC[C@]1(C)[C@H](C2)N(C)CC3. The smallest absolute Gasteiger partial charge is 0.139 e. The fourth-order valence-electron chi connectivity index (χ4n) is 6.95. The van der Waals surface area contributed by atoms with Crippen molar-refractivity contribution in [3.8, 4) is 5.75 Å². The van der Waals surface area contributed by atoms with E-state index >= 15 is 0 Å². The molecule has 1 saturated heterocycles. The zero-order valence-corrected chi connectivity index (χ0v) is 18.6. The summed E-state index contributed by atoms with van der Waals surface area (Å²) in [4.78, 5) is 2.60. The minimum absolute atomic E-state index is 0.216. The standard InChI is InChI=1S/C26H35N3O/c1-4-27-20-9-5-6-10-21(20)28-22-15-18-16-24-25(2)11-7-8-12-26(25,13-14-29(24)3)19(18)17-23(22)30/h5-6,9-10,15,17,24,27-28,30H,4,7-8,11-14,16H2,1-3H3/t24-,25+,26+/m0/s1. The minimum Gasteiger partial charge on any atom is -0.506 e. The van der Waals surface area contributed by atoms with Gasteiger partial charge in [0, 0.05) is 18.0 Å². The Morgan fingerprint density at radius 3 is 2.63 bits per heavy atom. The van der Waals surface area contributed by atoms with E-state index in [0.717, 1.165) is 36.6 Å². The van der Waals surface area contributed by atoms with Crippen LogP contribution in [0.3, 0.4) is 0 Å². The van der Waals surface area contributed by atoms with Gasteiger partial charge in [-0.05, 0) is 87.0 Å². The van der Waals surface area contributed by atoms with Crippen LogP contribution >= 0.6 is 0 Å². The van der Waals surface area contributed by atoms with Crippen LogP contribution in [0.25, 0.3) is 0 Å². The zero-order valence-electron chi connectivity index (χ0n) is 18.6. The third kappa shape index (κ3) is 2.76. The Labute approximate surface area is 180 Å². The first kappa shape index (κ1) is 19.7. The van der Waals surface area contributed by atoms with Crippen molar-refractivity contribution in [3.05, 3.63) is 47.5 Å². The Hall–Kier alpha value is -2.20. The second-order valence-electron chi connectivity index (χ2n) is 9.88. The number of likely N-dealkylation sites (N-methyl/N-ethyl adjacent to an activating group) is 1. The van der Waals surface area contributed by atoms with E-state index in [1.54, 1.807) is 0 Å². The number of phenolic OH excluding ortho intramolecular Hbond substituents is 1. The van der Waals surface area contributed by atoms with E-state index in [1.807, 2.05) is 12.1 Å². The molecule has 0 spiro atoms. The van der Waals surface area contributed by atoms with Crippen LogP contribution in [0.2, 0.25) is 0 Å². The van der Waals surface area contributed by atoms with Gasteiger partial charge in [0.05, 0.1) is 17.1 Å². The first-order valence-corrected chi connectivity index (χ1v) is 11.6. The summed E-state index contributed by atoms with van der Waals surface area (Å²) >= 11 is 0. The minimum atomic E-state index is 0.216. The third-order valence-corrected chi connectivity index (χ3v) is 8.52. The van der Waals surface area contributed by atoms with Gasteiger partial charge in [-0.2, -0.15) is 0 Å². The number of phenols is 1. The van der Waals surface area contributed by atoms with E-state index in [0.29, 0.717) is 17.2 Å². The summed E-state index contributed by atoms with van der Waals surface area (Å²) in [5.74, 6) is 0.375. The lowest BCUT2D eigenvalue weighted by Gasteiger charge is -2.65. The van der Waals surface area contributed by atoms with E-state index in [2.05, 4.69) is 60.7 Å². The maximum absolute atomic E-state index is 11.1. The summed E-state index contributed by atoms with van der Waals surface area (Å²) in [5, 5.41) is 18.0. The molecule has 0 amide bonds. The van der Waals surface area contributed by atoms with E-state index < -0.39 is 0 Å². The molecule has 2 aromatic carbocycles. The highest BCUT2D eigenvalue weighted by molar-refractivity contribution is 5.77. The van der Waals surface area contributed by atoms with Gasteiger partial charge < -0.3 is 20.6 Å². The maximum Gasteiger partial charge on any atom is 0.139 e. The van der Waals surface area contributed by atoms with Gasteiger partial charge in [0.15, 0.2) is 0 Å². The van der Waals surface area contributed by atoms with Crippen LogP contribution in [0.5, 0.6) is 5.75 Å². The number of rotatable bonds is 4. The number of para-hydroxylation sites is 2. The molecule has 0 radical (unpaired) electrons. The second kappa shape index (κ2) is 7.19. The van der Waals surface area contributed by atoms with Crippen LogP contribution in [-0.2, 0) is 11.8 Å². The number of aromatic hydroxyl groups is 1. The fourth-order valence-corrected chi connectivity index (χ4v) is 6.95. The van der Waals surface area contributed by atoms with Gasteiger partial charge in [-0.1, -0.05) is 31.9 Å². The summed E-state index contributed by atoms with van der Waals surface area (Å²) < 4.78 is 0. The summed E-state index contributed by atoms with van der Waals surface area (Å²) in [6.45, 7) is 6.66. The molecule has 5 rings (SSSR count). The third-order valence-electron chi connectivity index (χ3n) is 8.52. The van der Waals surface area contributed by atoms with Gasteiger partial charge in [-0.25, -0.2) is 0 Å². The summed E-state index contributed by atoms with van der Waals surface area (Å²) in [7, 11) is 2.31. The van der Waals surface area contributed by atoms with Crippen molar-refractivity contribution < 1.29 is 5.11 Å². The number of hydrogen-bond donors (Lipinski definition) is 3. The lowest BCUT2D eigenvalue weighted by atomic mass is 9.45. The number of likely N-dealkylation sites (tertiary alicyclic amines) is 1. The number of fused-ring (bicyclic) bond motifs is 1. The van der Waals surface area contributed by atoms with Crippen molar-refractivity contribution >= 4 is 17.1 Å². The number of nitrogens with zero attached hydrogens (tertiary/aromatic N) is 1. The largest absolute Gasteiger partial charge is 0.506 e. The molecule has 0 aromatic heterocycles. The van der Waals surface area contributed by atoms with Crippen LogP contribution in [0.1, 0.15) is 57.1 Å². The first-order valence-electron chi connectivity index (χ1n) is 11.6. The molecule has 4 nitrogen and oxygen atoms in total. The topological polar surface area (TPSA) is 47.5 Å². The summed E-state index contributed by atoms with van der Waals surface area (Å²) in [6, 6.07) is 13.1. The van der Waals surface area contributed by atoms with Gasteiger partial charge in [-0.3, -0.25) is 0 Å². The van der Waals surface area contributed by atoms with Gasteiger partial charge in [0.2, 0.25) is 0 Å². The molecule has 160 valence electrons. The van der Waals surface area contributed by atoms with Gasteiger partial charge in [0.1, 0.15) is 5.75 Å². The quantitative estimate of drug-likeness (QED) is 0.576. The molecule has 3 atom stereocenters. The Balaban J connectivity index is 1.58. The molecular formula is C26H35N3O. The number of anilines is 3. The molecule has 1 heterocycles. The number of hydrogen-bond acceptors (Lipinski definition) is 4. The molecule has 3 aliphatic rings. The van der Waals surface area contributed by atoms with Crippen molar-refractivity contribution in [1.29, 1.82) is 0 Å². The van der Waals surface area contributed by atoms with Gasteiger partial charge in [0.25, 0.3) is 0 Å². The Morgan fingerprint density at radius 2 is 1.83 bits per heavy atom. The normalized spacial score (nSPS) is 30.3. The van der Waals surface area contributed by atoms with Crippen LogP contribution in [0.4, 0.5) is 17.1 Å². The summed E-state index contributed by atoms with van der Waals surface area (Å²) in [6.07, 6.45) is 7.49. The van der Waals surface area contributed by atoms with Crippen molar-refractivity contribution in [3.63, 3.8) is 0 Å². The molecule has 2 fully saturated rings. The predicted octanol–water partition coefficient (Wildman–Crippen LogP) is 5.65. The first-order chi connectivity index (χ1) is 14.5. The highest BCUT2D eigenvalue weighted by atomic mass is 16.3. The molecule has 3 N–H and O–H groups in total. The van der Waals surface area contributed by atoms with Gasteiger partial charge >= 0.3 is 0 Å². The van der Waals surface area contributed by atoms with Crippen molar-refractivity contribution in [2.45, 2.75) is 63.8 Å². The van der Waals surface area contributed by atoms with Crippen LogP contribution < -0.4 is 10.6 Å². The molecular weight excluding hydrogens is 370 g/mol. The second-order valence-corrected chi connectivity index (χ2v) is 9.88. The Bertz CT molecular complexity index is 957. The summed E-state index contributed by atoms with van der Waals surface area (Å²) in [5.41, 5.74) is 6.26. The average Bonchev–Trinajstić information content (AvgIpc) is 2.73. The van der Waals surface area contributed by atoms with E-state index in [1.165, 1.54) is 43.2 Å². The van der Waals surface area contributed by atoms with Crippen LogP contribution in [-0.4, -0.2) is 36.2 Å². The van der Waals surface area contributed by atoms with E-state index in [9.17, 15) is 5.11 Å². The number of benzene rings is 2. The zero-order chi connectivity index (χ0) is 20.9. The maximum atomic E-state index is 11.1. The molecule has 0 unspecified atom stereocenters. The van der Waals surface area contributed by atoms with E-state index in [4.69, 9.17) is 0 Å². The molecule has 2 aromatic rings. The lowest BCUT2D eigenvalue weighted by Crippen LogP contribution is -2.66. The number of nitrogens with one attached hydrogen (secondary N) is 2. The van der Waals surface area contributed by atoms with Crippen molar-refractivity contribution in [2.75, 3.05) is 30.8 Å². The van der Waals surface area contributed by atoms with Gasteiger partial charge in [-0.15, -0.1) is 0 Å². The highest BCUT2D eigenvalue weighted by Gasteiger charge is 2.60. The van der Waals surface area contributed by atoms with Crippen molar-refractivity contribution in [1.82, 2.24) is 4.90 Å². The van der Waals surface area contributed by atoms with E-state index in [-0.39, 0.29) is 5.41 Å². The molecule has 1 aliphatic heterocycles. The predicted molar refractivity (Wildman–Crippen MR) is 125 cm³/mol. The fraction of sp³-hybridized carbons (Fsp3) is 0.538. The van der Waals surface area contributed by atoms with Crippen LogP contribution in [0, 0.1) is 5.41 Å². The molecule has 4 heteroatoms. The number of piperidine rings is 1. The van der Waals surface area contributed by atoms with Crippen molar-refractivity contribution in [2.24, 2.45) is 5.41 Å². The highest BCUT2D eigenvalue weighted by Crippen LogP contribution is 2.63. The monoisotopic (exact) mass is 405 g/mol. The lowest BCUT2D eigenvalue weighted by molar-refractivity contribution is -0.0735.